The number of hydrogen-bond donors (Lipinski definition) is 2. The Bertz CT molecular complexity index is 405. The van der Waals surface area contributed by atoms with Crippen LogP contribution in [-0.4, -0.2) is 19.2 Å². The molecule has 1 aromatic rings. The predicted molar refractivity (Wildman–Crippen MR) is 57.6 cm³/mol. The van der Waals surface area contributed by atoms with Gasteiger partial charge in [0.15, 0.2) is 11.6 Å². The smallest absolute Gasteiger partial charge is 0.167 e. The van der Waals surface area contributed by atoms with Crippen molar-refractivity contribution in [1.82, 2.24) is 0 Å². The second kappa shape index (κ2) is 3.90. The molecule has 3 N–H and O–H groups in total. The van der Waals surface area contributed by atoms with Gasteiger partial charge in [-0.05, 0) is 12.8 Å². The summed E-state index contributed by atoms with van der Waals surface area (Å²) in [5.74, 6) is -1.23. The summed E-state index contributed by atoms with van der Waals surface area (Å²) in [6.07, 6.45) is 1.83. The van der Waals surface area contributed by atoms with Crippen molar-refractivity contribution < 1.29 is 13.5 Å². The van der Waals surface area contributed by atoms with Gasteiger partial charge in [-0.15, -0.1) is 0 Å². The number of halogens is 2. The number of methoxy groups -OCH3 is 1. The Labute approximate surface area is 92.6 Å². The summed E-state index contributed by atoms with van der Waals surface area (Å²) in [5, 5.41) is 2.81. The largest absolute Gasteiger partial charge is 0.494 e. The molecule has 0 unspecified atom stereocenters. The standard InChI is InChI=1S/C11H14F2N2O/c1-16-10-5-7(12)9(4-8(10)13)15-6-11(14)2-3-11/h4-5,15H,2-3,6,14H2,1H3. The Kier molecular flexibility index (Phi) is 2.71. The van der Waals surface area contributed by atoms with E-state index in [0.717, 1.165) is 25.0 Å². The Morgan fingerprint density at radius 2 is 2.06 bits per heavy atom. The van der Waals surface area contributed by atoms with Gasteiger partial charge in [-0.3, -0.25) is 0 Å². The maximum Gasteiger partial charge on any atom is 0.167 e. The molecule has 2 rings (SSSR count). The van der Waals surface area contributed by atoms with Crippen molar-refractivity contribution in [2.45, 2.75) is 18.4 Å². The van der Waals surface area contributed by atoms with E-state index in [-0.39, 0.29) is 17.0 Å². The van der Waals surface area contributed by atoms with E-state index in [4.69, 9.17) is 5.73 Å². The summed E-state index contributed by atoms with van der Waals surface area (Å²) in [5.41, 5.74) is 5.71. The minimum atomic E-state index is -0.590. The average molecular weight is 228 g/mol. The molecule has 0 aliphatic heterocycles. The monoisotopic (exact) mass is 228 g/mol. The van der Waals surface area contributed by atoms with Crippen LogP contribution in [0.4, 0.5) is 14.5 Å². The molecule has 0 heterocycles. The molecule has 0 radical (unpaired) electrons. The average Bonchev–Trinajstić information content (AvgIpc) is 2.98. The lowest BCUT2D eigenvalue weighted by molar-refractivity contribution is 0.383. The van der Waals surface area contributed by atoms with Crippen molar-refractivity contribution >= 4 is 5.69 Å². The molecule has 16 heavy (non-hydrogen) atoms. The molecule has 0 atom stereocenters. The zero-order valence-corrected chi connectivity index (χ0v) is 9.02. The van der Waals surface area contributed by atoms with Gasteiger partial charge >= 0.3 is 0 Å². The van der Waals surface area contributed by atoms with Crippen molar-refractivity contribution in [1.29, 1.82) is 0 Å². The molecule has 1 fully saturated rings. The highest BCUT2D eigenvalue weighted by atomic mass is 19.1. The first-order valence-corrected chi connectivity index (χ1v) is 5.10. The fourth-order valence-electron chi connectivity index (χ4n) is 1.43. The van der Waals surface area contributed by atoms with Gasteiger partial charge in [0.1, 0.15) is 5.82 Å². The van der Waals surface area contributed by atoms with Crippen LogP contribution in [0.1, 0.15) is 12.8 Å². The number of anilines is 1. The third-order valence-electron chi connectivity index (χ3n) is 2.76. The highest BCUT2D eigenvalue weighted by Crippen LogP contribution is 2.33. The van der Waals surface area contributed by atoms with Crippen molar-refractivity contribution in [3.63, 3.8) is 0 Å². The molecule has 0 bridgehead atoms. The van der Waals surface area contributed by atoms with Crippen molar-refractivity contribution in [3.05, 3.63) is 23.8 Å². The van der Waals surface area contributed by atoms with Crippen molar-refractivity contribution in [2.75, 3.05) is 19.0 Å². The number of rotatable bonds is 4. The van der Waals surface area contributed by atoms with Crippen LogP contribution in [0.15, 0.2) is 12.1 Å². The second-order valence-electron chi connectivity index (χ2n) is 4.18. The van der Waals surface area contributed by atoms with E-state index in [9.17, 15) is 8.78 Å². The van der Waals surface area contributed by atoms with Crippen LogP contribution in [-0.2, 0) is 0 Å². The van der Waals surface area contributed by atoms with Gasteiger partial charge in [-0.25, -0.2) is 8.78 Å². The minimum absolute atomic E-state index is 0.100. The summed E-state index contributed by atoms with van der Waals surface area (Å²) in [6, 6.07) is 2.10. The summed E-state index contributed by atoms with van der Waals surface area (Å²) >= 11 is 0. The first-order chi connectivity index (χ1) is 7.54. The third-order valence-corrected chi connectivity index (χ3v) is 2.76. The predicted octanol–water partition coefficient (Wildman–Crippen LogP) is 1.88. The number of nitrogens with one attached hydrogen (secondary N) is 1. The molecule has 5 heteroatoms. The van der Waals surface area contributed by atoms with Crippen molar-refractivity contribution in [3.8, 4) is 5.75 Å². The quantitative estimate of drug-likeness (QED) is 0.827. The second-order valence-corrected chi connectivity index (χ2v) is 4.18. The summed E-state index contributed by atoms with van der Waals surface area (Å²) < 4.78 is 31.4. The molecule has 1 aliphatic carbocycles. The SMILES string of the molecule is COc1cc(F)c(NCC2(N)CC2)cc1F. The molecule has 1 saturated carbocycles. The fourth-order valence-corrected chi connectivity index (χ4v) is 1.43. The van der Waals surface area contributed by atoms with Crippen LogP contribution < -0.4 is 15.8 Å². The van der Waals surface area contributed by atoms with Gasteiger partial charge in [-0.1, -0.05) is 0 Å². The van der Waals surface area contributed by atoms with E-state index in [1.54, 1.807) is 0 Å². The van der Waals surface area contributed by atoms with Crippen LogP contribution in [0.25, 0.3) is 0 Å². The van der Waals surface area contributed by atoms with Crippen LogP contribution >= 0.6 is 0 Å². The van der Waals surface area contributed by atoms with Gasteiger partial charge in [-0.2, -0.15) is 0 Å². The molecular weight excluding hydrogens is 214 g/mol. The molecule has 0 saturated heterocycles. The molecule has 0 amide bonds. The van der Waals surface area contributed by atoms with E-state index in [2.05, 4.69) is 10.1 Å². The van der Waals surface area contributed by atoms with E-state index >= 15 is 0 Å². The van der Waals surface area contributed by atoms with E-state index in [1.807, 2.05) is 0 Å². The Morgan fingerprint density at radius 1 is 1.38 bits per heavy atom. The minimum Gasteiger partial charge on any atom is -0.494 e. The lowest BCUT2D eigenvalue weighted by Gasteiger charge is -2.13. The maximum absolute atomic E-state index is 13.5. The highest BCUT2D eigenvalue weighted by molar-refractivity contribution is 5.49. The van der Waals surface area contributed by atoms with Crippen LogP contribution in [0.2, 0.25) is 0 Å². The van der Waals surface area contributed by atoms with Crippen LogP contribution in [0, 0.1) is 11.6 Å². The fraction of sp³-hybridized carbons (Fsp3) is 0.455. The molecule has 1 aliphatic rings. The van der Waals surface area contributed by atoms with Gasteiger partial charge in [0.05, 0.1) is 12.8 Å². The zero-order chi connectivity index (χ0) is 11.8. The van der Waals surface area contributed by atoms with Gasteiger partial charge < -0.3 is 15.8 Å². The molecule has 1 aromatic carbocycles. The number of ether oxygens (including phenoxy) is 1. The van der Waals surface area contributed by atoms with Crippen molar-refractivity contribution in [2.24, 2.45) is 5.73 Å². The summed E-state index contributed by atoms with van der Waals surface area (Å²) in [6.45, 7) is 0.454. The molecule has 3 nitrogen and oxygen atoms in total. The van der Waals surface area contributed by atoms with Crippen LogP contribution in [0.3, 0.4) is 0 Å². The third kappa shape index (κ3) is 2.24. The lowest BCUT2D eigenvalue weighted by atomic mass is 10.2. The Balaban J connectivity index is 2.11. The Morgan fingerprint density at radius 3 is 2.62 bits per heavy atom. The van der Waals surface area contributed by atoms with Gasteiger partial charge in [0, 0.05) is 24.2 Å². The Hall–Kier alpha value is -1.36. The summed E-state index contributed by atoms with van der Waals surface area (Å²) in [4.78, 5) is 0. The van der Waals surface area contributed by atoms with E-state index < -0.39 is 11.6 Å². The van der Waals surface area contributed by atoms with Gasteiger partial charge in [0.25, 0.3) is 0 Å². The maximum atomic E-state index is 13.5. The molecule has 0 spiro atoms. The first-order valence-electron chi connectivity index (χ1n) is 5.10. The number of benzene rings is 1. The molecule has 0 aromatic heterocycles. The zero-order valence-electron chi connectivity index (χ0n) is 9.02. The first kappa shape index (κ1) is 11.1. The van der Waals surface area contributed by atoms with Crippen LogP contribution in [0.5, 0.6) is 5.75 Å². The summed E-state index contributed by atoms with van der Waals surface area (Å²) in [7, 11) is 1.30. The number of hydrogen-bond acceptors (Lipinski definition) is 3. The van der Waals surface area contributed by atoms with Gasteiger partial charge in [0.2, 0.25) is 0 Å². The number of nitrogens with two attached hydrogens (primary N) is 1. The van der Waals surface area contributed by atoms with E-state index in [0.29, 0.717) is 6.54 Å². The molecular formula is C11H14F2N2O. The van der Waals surface area contributed by atoms with E-state index in [1.165, 1.54) is 7.11 Å². The normalized spacial score (nSPS) is 17.0. The molecule has 88 valence electrons. The lowest BCUT2D eigenvalue weighted by Crippen LogP contribution is -2.31. The topological polar surface area (TPSA) is 47.3 Å². The highest BCUT2D eigenvalue weighted by Gasteiger charge is 2.37.